The summed E-state index contributed by atoms with van der Waals surface area (Å²) in [5.74, 6) is 0.887. The molecule has 2 heterocycles. The summed E-state index contributed by atoms with van der Waals surface area (Å²) in [5, 5.41) is 8.93. The number of ether oxygens (including phenoxy) is 1. The SMILES string of the molecule is COc1ccccc1CCNCc1cc2c(C)nn(-c3ccccc3)c2[nH]c1=O. The first-order valence-corrected chi connectivity index (χ1v) is 9.67. The molecule has 0 radical (unpaired) electrons. The minimum Gasteiger partial charge on any atom is -0.496 e. The van der Waals surface area contributed by atoms with E-state index in [-0.39, 0.29) is 5.56 Å². The van der Waals surface area contributed by atoms with E-state index in [0.717, 1.165) is 46.7 Å². The second kappa shape index (κ2) is 8.32. The zero-order valence-electron chi connectivity index (χ0n) is 16.6. The highest BCUT2D eigenvalue weighted by molar-refractivity contribution is 5.80. The zero-order valence-corrected chi connectivity index (χ0v) is 16.6. The van der Waals surface area contributed by atoms with Crippen molar-refractivity contribution < 1.29 is 4.74 Å². The van der Waals surface area contributed by atoms with Crippen molar-refractivity contribution in [3.63, 3.8) is 0 Å². The molecule has 0 bridgehead atoms. The minimum atomic E-state index is -0.0978. The lowest BCUT2D eigenvalue weighted by Crippen LogP contribution is -2.23. The number of hydrogen-bond acceptors (Lipinski definition) is 4. The van der Waals surface area contributed by atoms with Gasteiger partial charge in [0.1, 0.15) is 11.4 Å². The van der Waals surface area contributed by atoms with Crippen LogP contribution in [0.1, 0.15) is 16.8 Å². The lowest BCUT2D eigenvalue weighted by Gasteiger charge is -2.09. The maximum absolute atomic E-state index is 12.6. The highest BCUT2D eigenvalue weighted by atomic mass is 16.5. The molecule has 0 aliphatic carbocycles. The van der Waals surface area contributed by atoms with Gasteiger partial charge < -0.3 is 15.0 Å². The Kier molecular flexibility index (Phi) is 5.44. The Morgan fingerprint density at radius 1 is 1.07 bits per heavy atom. The van der Waals surface area contributed by atoms with Gasteiger partial charge in [-0.25, -0.2) is 4.68 Å². The summed E-state index contributed by atoms with van der Waals surface area (Å²) in [5.41, 5.74) is 4.27. The number of aryl methyl sites for hydroxylation is 1. The smallest absolute Gasteiger partial charge is 0.254 e. The van der Waals surface area contributed by atoms with Crippen LogP contribution in [0.2, 0.25) is 0 Å². The number of rotatable bonds is 7. The fourth-order valence-electron chi connectivity index (χ4n) is 3.50. The van der Waals surface area contributed by atoms with Gasteiger partial charge in [-0.05, 0) is 49.7 Å². The minimum absolute atomic E-state index is 0.0978. The van der Waals surface area contributed by atoms with Crippen LogP contribution >= 0.6 is 0 Å². The van der Waals surface area contributed by atoms with E-state index in [1.54, 1.807) is 11.8 Å². The van der Waals surface area contributed by atoms with E-state index in [4.69, 9.17) is 4.74 Å². The number of benzene rings is 2. The number of aromatic amines is 1. The number of H-pyrrole nitrogens is 1. The first-order valence-electron chi connectivity index (χ1n) is 9.67. The molecule has 2 N–H and O–H groups in total. The van der Waals surface area contributed by atoms with E-state index in [0.29, 0.717) is 12.1 Å². The van der Waals surface area contributed by atoms with Crippen molar-refractivity contribution in [2.24, 2.45) is 0 Å². The van der Waals surface area contributed by atoms with Crippen LogP contribution in [-0.2, 0) is 13.0 Å². The van der Waals surface area contributed by atoms with Crippen LogP contribution < -0.4 is 15.6 Å². The molecule has 0 atom stereocenters. The Hall–Kier alpha value is -3.38. The third kappa shape index (κ3) is 3.93. The third-order valence-electron chi connectivity index (χ3n) is 5.03. The summed E-state index contributed by atoms with van der Waals surface area (Å²) < 4.78 is 7.17. The molecule has 4 aromatic rings. The third-order valence-corrected chi connectivity index (χ3v) is 5.03. The lowest BCUT2D eigenvalue weighted by atomic mass is 10.1. The molecule has 6 heteroatoms. The van der Waals surface area contributed by atoms with Crippen molar-refractivity contribution in [2.75, 3.05) is 13.7 Å². The van der Waals surface area contributed by atoms with Gasteiger partial charge in [0.2, 0.25) is 0 Å². The van der Waals surface area contributed by atoms with Gasteiger partial charge in [-0.3, -0.25) is 4.79 Å². The van der Waals surface area contributed by atoms with E-state index in [9.17, 15) is 4.79 Å². The monoisotopic (exact) mass is 388 g/mol. The highest BCUT2D eigenvalue weighted by Gasteiger charge is 2.12. The zero-order chi connectivity index (χ0) is 20.2. The molecule has 2 aromatic heterocycles. The van der Waals surface area contributed by atoms with Crippen LogP contribution in [-0.4, -0.2) is 28.4 Å². The molecule has 0 amide bonds. The molecule has 2 aromatic carbocycles. The Labute approximate surface area is 169 Å². The van der Waals surface area contributed by atoms with Crippen LogP contribution in [0.4, 0.5) is 0 Å². The number of fused-ring (bicyclic) bond motifs is 1. The molecule has 0 saturated carbocycles. The van der Waals surface area contributed by atoms with Gasteiger partial charge in [-0.1, -0.05) is 36.4 Å². The van der Waals surface area contributed by atoms with Gasteiger partial charge in [0.25, 0.3) is 5.56 Å². The molecular weight excluding hydrogens is 364 g/mol. The topological polar surface area (TPSA) is 71.9 Å². The maximum Gasteiger partial charge on any atom is 0.254 e. The number of pyridine rings is 1. The van der Waals surface area contributed by atoms with E-state index in [2.05, 4.69) is 21.5 Å². The van der Waals surface area contributed by atoms with E-state index >= 15 is 0 Å². The van der Waals surface area contributed by atoms with Crippen LogP contribution in [0.5, 0.6) is 5.75 Å². The van der Waals surface area contributed by atoms with Crippen molar-refractivity contribution in [3.8, 4) is 11.4 Å². The van der Waals surface area contributed by atoms with Crippen molar-refractivity contribution in [3.05, 3.63) is 87.8 Å². The molecule has 0 aliphatic heterocycles. The Morgan fingerprint density at radius 2 is 1.83 bits per heavy atom. The largest absolute Gasteiger partial charge is 0.496 e. The number of nitrogens with zero attached hydrogens (tertiary/aromatic N) is 2. The molecule has 0 aliphatic rings. The van der Waals surface area contributed by atoms with E-state index in [1.165, 1.54) is 0 Å². The molecule has 0 saturated heterocycles. The number of para-hydroxylation sites is 2. The van der Waals surface area contributed by atoms with Crippen LogP contribution in [0.15, 0.2) is 65.5 Å². The second-order valence-corrected chi connectivity index (χ2v) is 6.96. The molecular formula is C23H24N4O2. The van der Waals surface area contributed by atoms with Crippen LogP contribution in [0, 0.1) is 6.92 Å². The highest BCUT2D eigenvalue weighted by Crippen LogP contribution is 2.20. The Bertz CT molecular complexity index is 1180. The van der Waals surface area contributed by atoms with Gasteiger partial charge in [-0.2, -0.15) is 5.10 Å². The summed E-state index contributed by atoms with van der Waals surface area (Å²) in [6.07, 6.45) is 0.829. The normalized spacial score (nSPS) is 11.1. The van der Waals surface area contributed by atoms with Crippen molar-refractivity contribution >= 4 is 11.0 Å². The molecule has 0 unspecified atom stereocenters. The van der Waals surface area contributed by atoms with E-state index in [1.807, 2.05) is 61.5 Å². The maximum atomic E-state index is 12.6. The summed E-state index contributed by atoms with van der Waals surface area (Å²) in [6, 6.07) is 19.7. The fourth-order valence-corrected chi connectivity index (χ4v) is 3.50. The van der Waals surface area contributed by atoms with Gasteiger partial charge in [0.05, 0.1) is 18.5 Å². The quantitative estimate of drug-likeness (QED) is 0.476. The van der Waals surface area contributed by atoms with Crippen molar-refractivity contribution in [1.82, 2.24) is 20.1 Å². The Balaban J connectivity index is 1.51. The Morgan fingerprint density at radius 3 is 2.62 bits per heavy atom. The fraction of sp³-hybridized carbons (Fsp3) is 0.217. The van der Waals surface area contributed by atoms with Gasteiger partial charge >= 0.3 is 0 Å². The van der Waals surface area contributed by atoms with E-state index < -0.39 is 0 Å². The van der Waals surface area contributed by atoms with Crippen molar-refractivity contribution in [1.29, 1.82) is 0 Å². The summed E-state index contributed by atoms with van der Waals surface area (Å²) in [7, 11) is 1.68. The molecule has 148 valence electrons. The average Bonchev–Trinajstić information content (AvgIpc) is 3.07. The number of methoxy groups -OCH3 is 1. The number of hydrogen-bond donors (Lipinski definition) is 2. The molecule has 0 fully saturated rings. The first-order chi connectivity index (χ1) is 14.2. The van der Waals surface area contributed by atoms with Crippen LogP contribution in [0.25, 0.3) is 16.7 Å². The van der Waals surface area contributed by atoms with Crippen molar-refractivity contribution in [2.45, 2.75) is 19.9 Å². The van der Waals surface area contributed by atoms with Gasteiger partial charge in [-0.15, -0.1) is 0 Å². The molecule has 0 spiro atoms. The van der Waals surface area contributed by atoms with Gasteiger partial charge in [0, 0.05) is 17.5 Å². The predicted molar refractivity (Wildman–Crippen MR) is 115 cm³/mol. The first kappa shape index (κ1) is 19.0. The number of aromatic nitrogens is 3. The summed E-state index contributed by atoms with van der Waals surface area (Å²) in [4.78, 5) is 15.6. The predicted octanol–water partition coefficient (Wildman–Crippen LogP) is 3.36. The molecule has 29 heavy (non-hydrogen) atoms. The summed E-state index contributed by atoms with van der Waals surface area (Å²) >= 11 is 0. The summed E-state index contributed by atoms with van der Waals surface area (Å²) in [6.45, 7) is 3.20. The molecule has 6 nitrogen and oxygen atoms in total. The lowest BCUT2D eigenvalue weighted by molar-refractivity contribution is 0.409. The number of nitrogens with one attached hydrogen (secondary N) is 2. The average molecular weight is 388 g/mol. The standard InChI is InChI=1S/C23H24N4O2/c1-16-20-14-18(15-24-13-12-17-8-6-7-11-21(17)29-2)23(28)25-22(20)27(26-16)19-9-4-3-5-10-19/h3-11,14,24H,12-13,15H2,1-2H3,(H,25,28). The second-order valence-electron chi connectivity index (χ2n) is 6.96. The van der Waals surface area contributed by atoms with Gasteiger partial charge in [0.15, 0.2) is 0 Å². The van der Waals surface area contributed by atoms with Crippen LogP contribution in [0.3, 0.4) is 0 Å². The molecule has 4 rings (SSSR count).